The molecule has 2 aromatic rings. The van der Waals surface area contributed by atoms with E-state index >= 15 is 0 Å². The zero-order valence-corrected chi connectivity index (χ0v) is 22.0. The molecule has 0 aliphatic carbocycles. The van der Waals surface area contributed by atoms with E-state index in [-0.39, 0.29) is 17.1 Å². The van der Waals surface area contributed by atoms with Crippen molar-refractivity contribution in [2.75, 3.05) is 6.61 Å². The van der Waals surface area contributed by atoms with Crippen LogP contribution in [0.3, 0.4) is 0 Å². The first kappa shape index (κ1) is 28.3. The molecule has 5 N–H and O–H groups in total. The summed E-state index contributed by atoms with van der Waals surface area (Å²) in [6, 6.07) is -1.02. The Balaban J connectivity index is 1.79. The molecule has 3 heterocycles. The van der Waals surface area contributed by atoms with Crippen LogP contribution in [-0.4, -0.2) is 78.8 Å². The maximum atomic E-state index is 12.8. The molecule has 3 rings (SSSR count). The number of rotatable bonds is 7. The zero-order valence-electron chi connectivity index (χ0n) is 22.0. The van der Waals surface area contributed by atoms with Crippen LogP contribution in [0.5, 0.6) is 0 Å². The average Bonchev–Trinajstić information content (AvgIpc) is 3.23. The van der Waals surface area contributed by atoms with Gasteiger partial charge in [0, 0.05) is 12.4 Å². The number of hydrogen-bond donors (Lipinski definition) is 4. The molecule has 0 unspecified atom stereocenters. The van der Waals surface area contributed by atoms with Gasteiger partial charge in [0.05, 0.1) is 10.9 Å². The van der Waals surface area contributed by atoms with E-state index in [1.165, 1.54) is 23.9 Å². The van der Waals surface area contributed by atoms with Gasteiger partial charge in [0.25, 0.3) is 5.91 Å². The van der Waals surface area contributed by atoms with Gasteiger partial charge in [-0.2, -0.15) is 0 Å². The number of primary amides is 1. The topological polar surface area (TPSA) is 188 Å². The summed E-state index contributed by atoms with van der Waals surface area (Å²) in [5.74, 6) is -1.40. The fraction of sp³-hybridized carbons (Fsp3) is 0.625. The number of aliphatic hydroxyl groups excluding tert-OH is 1. The number of nitrogens with two attached hydrogens (primary N) is 1. The molecule has 2 aromatic heterocycles. The number of amides is 2. The molecule has 13 heteroatoms. The zero-order chi connectivity index (χ0) is 27.9. The maximum Gasteiger partial charge on any atom is 0.408 e. The molecule has 13 nitrogen and oxygen atoms in total. The summed E-state index contributed by atoms with van der Waals surface area (Å²) in [7, 11) is 0. The van der Waals surface area contributed by atoms with Gasteiger partial charge in [-0.1, -0.05) is 13.8 Å². The van der Waals surface area contributed by atoms with E-state index in [9.17, 15) is 24.6 Å². The Morgan fingerprint density at radius 3 is 2.54 bits per heavy atom. The van der Waals surface area contributed by atoms with Gasteiger partial charge in [-0.3, -0.25) is 4.79 Å². The molecule has 1 saturated heterocycles. The summed E-state index contributed by atoms with van der Waals surface area (Å²) in [4.78, 5) is 45.4. The van der Waals surface area contributed by atoms with Crippen LogP contribution in [0.4, 0.5) is 4.79 Å². The Morgan fingerprint density at radius 1 is 1.32 bits per heavy atom. The Kier molecular flexibility index (Phi) is 7.82. The number of nitrogens with zero attached hydrogens (tertiary/aromatic N) is 3. The number of ether oxygens (including phenoxy) is 3. The number of aryl methyl sites for hydroxylation is 1. The van der Waals surface area contributed by atoms with Crippen molar-refractivity contribution >= 4 is 29.0 Å². The predicted octanol–water partition coefficient (Wildman–Crippen LogP) is 0.940. The summed E-state index contributed by atoms with van der Waals surface area (Å²) in [6.45, 7) is 11.1. The Morgan fingerprint density at radius 2 is 1.97 bits per heavy atom. The van der Waals surface area contributed by atoms with Gasteiger partial charge in [0.2, 0.25) is 0 Å². The lowest BCUT2D eigenvalue weighted by Gasteiger charge is -2.27. The SMILES string of the molecule is Cc1ncc2c(C(N)=O)cn([C@@H]3O[C@H](COC(=O)[C@@H](NC(=O)OC(C)(C)C)C(C)C)[C@@H](O)[C@@]3(C)O)c2n1. The highest BCUT2D eigenvalue weighted by Crippen LogP contribution is 2.40. The molecular formula is C24H35N5O8. The van der Waals surface area contributed by atoms with Crippen LogP contribution < -0.4 is 11.1 Å². The van der Waals surface area contributed by atoms with E-state index in [0.29, 0.717) is 11.2 Å². The normalized spacial score (nSPS) is 24.8. The fourth-order valence-corrected chi connectivity index (χ4v) is 4.05. The predicted molar refractivity (Wildman–Crippen MR) is 130 cm³/mol. The number of fused-ring (bicyclic) bond motifs is 1. The van der Waals surface area contributed by atoms with Crippen LogP contribution in [-0.2, 0) is 19.0 Å². The third-order valence-corrected chi connectivity index (χ3v) is 5.95. The van der Waals surface area contributed by atoms with Crippen molar-refractivity contribution in [3.63, 3.8) is 0 Å². The lowest BCUT2D eigenvalue weighted by atomic mass is 9.96. The van der Waals surface area contributed by atoms with Crippen molar-refractivity contribution in [3.05, 3.63) is 23.8 Å². The number of alkyl carbamates (subject to hydrolysis) is 1. The first-order valence-electron chi connectivity index (χ1n) is 11.9. The van der Waals surface area contributed by atoms with E-state index in [1.807, 2.05) is 0 Å². The molecule has 37 heavy (non-hydrogen) atoms. The quantitative estimate of drug-likeness (QED) is 0.382. The monoisotopic (exact) mass is 521 g/mol. The fourth-order valence-electron chi connectivity index (χ4n) is 4.05. The number of carbonyl (C=O) groups is 3. The van der Waals surface area contributed by atoms with E-state index in [1.54, 1.807) is 41.5 Å². The summed E-state index contributed by atoms with van der Waals surface area (Å²) >= 11 is 0. The smallest absolute Gasteiger partial charge is 0.408 e. The molecule has 0 spiro atoms. The number of hydrogen-bond acceptors (Lipinski definition) is 10. The van der Waals surface area contributed by atoms with Gasteiger partial charge in [-0.05, 0) is 40.5 Å². The molecular weight excluding hydrogens is 486 g/mol. The number of esters is 1. The van der Waals surface area contributed by atoms with Gasteiger partial charge < -0.3 is 40.0 Å². The molecule has 1 aliphatic heterocycles. The first-order chi connectivity index (χ1) is 17.0. The van der Waals surface area contributed by atoms with Gasteiger partial charge >= 0.3 is 12.1 Å². The third-order valence-electron chi connectivity index (χ3n) is 5.95. The van der Waals surface area contributed by atoms with Crippen molar-refractivity contribution in [1.29, 1.82) is 0 Å². The first-order valence-corrected chi connectivity index (χ1v) is 11.9. The highest BCUT2D eigenvalue weighted by molar-refractivity contribution is 6.05. The minimum Gasteiger partial charge on any atom is -0.461 e. The summed E-state index contributed by atoms with van der Waals surface area (Å²) in [5, 5.41) is 24.8. The third kappa shape index (κ3) is 6.00. The van der Waals surface area contributed by atoms with Gasteiger partial charge in [-0.15, -0.1) is 0 Å². The summed E-state index contributed by atoms with van der Waals surface area (Å²) < 4.78 is 17.9. The van der Waals surface area contributed by atoms with Crippen molar-refractivity contribution in [1.82, 2.24) is 19.9 Å². The Bertz CT molecular complexity index is 1190. The van der Waals surface area contributed by atoms with Gasteiger partial charge in [0.1, 0.15) is 47.5 Å². The minimum atomic E-state index is -1.86. The van der Waals surface area contributed by atoms with Crippen LogP contribution in [0.25, 0.3) is 11.0 Å². The second-order valence-corrected chi connectivity index (χ2v) is 10.7. The van der Waals surface area contributed by atoms with Gasteiger partial charge in [-0.25, -0.2) is 19.6 Å². The highest BCUT2D eigenvalue weighted by atomic mass is 16.6. The number of aliphatic hydroxyl groups is 2. The van der Waals surface area contributed by atoms with Crippen molar-refractivity contribution in [3.8, 4) is 0 Å². The van der Waals surface area contributed by atoms with Crippen LogP contribution in [0.1, 0.15) is 64.0 Å². The largest absolute Gasteiger partial charge is 0.461 e. The standard InChI is InChI=1S/C24H35N5O8/c1-11(2)16(28-22(33)37-23(4,5)6)20(32)35-10-15-17(30)24(7,34)21(36-15)29-9-14(18(25)31)13-8-26-12(3)27-19(13)29/h8-9,11,15-17,21,30,34H,10H2,1-7H3,(H2,25,31)(H,28,33)/t15-,16+,17-,21-,24-/m1/s1. The van der Waals surface area contributed by atoms with E-state index in [0.717, 1.165) is 0 Å². The second kappa shape index (κ2) is 10.2. The molecule has 0 radical (unpaired) electrons. The molecule has 0 aromatic carbocycles. The number of nitrogens with one attached hydrogen (secondary N) is 1. The molecule has 0 saturated carbocycles. The molecule has 5 atom stereocenters. The molecule has 0 bridgehead atoms. The number of carbonyl (C=O) groups excluding carboxylic acids is 3. The van der Waals surface area contributed by atoms with Crippen molar-refractivity contribution in [2.45, 2.75) is 84.1 Å². The lowest BCUT2D eigenvalue weighted by molar-refractivity contribution is -0.153. The van der Waals surface area contributed by atoms with Crippen molar-refractivity contribution in [2.24, 2.45) is 11.7 Å². The van der Waals surface area contributed by atoms with Crippen LogP contribution in [0.15, 0.2) is 12.4 Å². The summed E-state index contributed by atoms with van der Waals surface area (Å²) in [5.41, 5.74) is 3.28. The van der Waals surface area contributed by atoms with Gasteiger partial charge in [0.15, 0.2) is 6.23 Å². The minimum absolute atomic E-state index is 0.117. The Labute approximate surface area is 214 Å². The van der Waals surface area contributed by atoms with Crippen molar-refractivity contribution < 1.29 is 38.8 Å². The average molecular weight is 522 g/mol. The lowest BCUT2D eigenvalue weighted by Crippen LogP contribution is -2.48. The maximum absolute atomic E-state index is 12.8. The van der Waals surface area contributed by atoms with E-state index in [4.69, 9.17) is 19.9 Å². The number of aromatic nitrogens is 3. The van der Waals surface area contributed by atoms with E-state index < -0.39 is 60.3 Å². The molecule has 1 aliphatic rings. The highest BCUT2D eigenvalue weighted by Gasteiger charge is 2.54. The van der Waals surface area contributed by atoms with E-state index in [2.05, 4.69) is 15.3 Å². The van der Waals surface area contributed by atoms with Crippen LogP contribution in [0, 0.1) is 12.8 Å². The van der Waals surface area contributed by atoms with Crippen LogP contribution in [0.2, 0.25) is 0 Å². The Hall–Kier alpha value is -3.29. The second-order valence-electron chi connectivity index (χ2n) is 10.7. The molecule has 2 amide bonds. The summed E-state index contributed by atoms with van der Waals surface area (Å²) in [6.07, 6.45) is -1.75. The van der Waals surface area contributed by atoms with Crippen LogP contribution >= 0.6 is 0 Å². The molecule has 1 fully saturated rings. The molecule has 204 valence electrons.